The van der Waals surface area contributed by atoms with Crippen molar-refractivity contribution >= 4 is 11.7 Å². The molecule has 2 aromatic rings. The van der Waals surface area contributed by atoms with Crippen molar-refractivity contribution < 1.29 is 14.6 Å². The lowest BCUT2D eigenvalue weighted by Crippen LogP contribution is -2.43. The van der Waals surface area contributed by atoms with Crippen LogP contribution in [0.4, 0.5) is 10.5 Å². The van der Waals surface area contributed by atoms with Gasteiger partial charge in [-0.3, -0.25) is 0 Å². The highest BCUT2D eigenvalue weighted by molar-refractivity contribution is 5.89. The number of anilines is 1. The highest BCUT2D eigenvalue weighted by Gasteiger charge is 2.22. The van der Waals surface area contributed by atoms with Gasteiger partial charge in [0.1, 0.15) is 5.75 Å². The Bertz CT molecular complexity index is 664. The summed E-state index contributed by atoms with van der Waals surface area (Å²) in [5.74, 6) is 0.762. The van der Waals surface area contributed by atoms with E-state index in [0.29, 0.717) is 18.8 Å². The summed E-state index contributed by atoms with van der Waals surface area (Å²) < 4.78 is 5.40. The summed E-state index contributed by atoms with van der Waals surface area (Å²) in [7, 11) is 0. The van der Waals surface area contributed by atoms with Crippen LogP contribution < -0.4 is 10.1 Å². The van der Waals surface area contributed by atoms with Crippen LogP contribution in [0.15, 0.2) is 54.6 Å². The lowest BCUT2D eigenvalue weighted by atomic mass is 10.1. The molecule has 0 aromatic heterocycles. The van der Waals surface area contributed by atoms with Gasteiger partial charge in [0.2, 0.25) is 0 Å². The third-order valence-electron chi connectivity index (χ3n) is 3.50. The van der Waals surface area contributed by atoms with Gasteiger partial charge in [-0.15, -0.1) is 0 Å². The molecule has 5 heteroatoms. The van der Waals surface area contributed by atoms with Crippen LogP contribution in [-0.4, -0.2) is 34.8 Å². The van der Waals surface area contributed by atoms with E-state index in [1.807, 2.05) is 49.4 Å². The van der Waals surface area contributed by atoms with Crippen molar-refractivity contribution in [3.8, 4) is 5.75 Å². The third-order valence-corrected chi connectivity index (χ3v) is 3.50. The smallest absolute Gasteiger partial charge is 0.322 e. The minimum Gasteiger partial charge on any atom is -0.494 e. The van der Waals surface area contributed by atoms with E-state index >= 15 is 0 Å². The fourth-order valence-corrected chi connectivity index (χ4v) is 2.47. The summed E-state index contributed by atoms with van der Waals surface area (Å²) in [5.41, 5.74) is 0.709. The molecule has 0 radical (unpaired) electrons. The van der Waals surface area contributed by atoms with E-state index < -0.39 is 5.60 Å². The van der Waals surface area contributed by atoms with Gasteiger partial charge in [-0.05, 0) is 50.6 Å². The predicted molar refractivity (Wildman–Crippen MR) is 99.8 cm³/mol. The quantitative estimate of drug-likeness (QED) is 0.802. The number of aliphatic hydroxyl groups is 1. The van der Waals surface area contributed by atoms with Crippen LogP contribution in [0.3, 0.4) is 0 Å². The molecule has 0 saturated heterocycles. The molecule has 2 N–H and O–H groups in total. The number of hydrogen-bond donors (Lipinski definition) is 2. The zero-order valence-electron chi connectivity index (χ0n) is 15.0. The molecule has 0 aliphatic rings. The van der Waals surface area contributed by atoms with E-state index in [4.69, 9.17) is 4.74 Å². The predicted octanol–water partition coefficient (Wildman–Crippen LogP) is 3.89. The topological polar surface area (TPSA) is 61.8 Å². The zero-order valence-corrected chi connectivity index (χ0v) is 15.0. The molecular formula is C20H26N2O3. The van der Waals surface area contributed by atoms with Crippen molar-refractivity contribution in [2.24, 2.45) is 0 Å². The number of carbonyl (C=O) groups excluding carboxylic acids is 1. The second kappa shape index (κ2) is 8.53. The molecule has 2 rings (SSSR count). The Kier molecular flexibility index (Phi) is 6.42. The second-order valence-electron chi connectivity index (χ2n) is 6.54. The van der Waals surface area contributed by atoms with Crippen molar-refractivity contribution in [3.05, 3.63) is 60.2 Å². The second-order valence-corrected chi connectivity index (χ2v) is 6.54. The Morgan fingerprint density at radius 1 is 1.12 bits per heavy atom. The van der Waals surface area contributed by atoms with Crippen LogP contribution in [0, 0.1) is 0 Å². The maximum atomic E-state index is 12.7. The minimum atomic E-state index is -0.981. The first-order valence-corrected chi connectivity index (χ1v) is 8.42. The Hall–Kier alpha value is -2.53. The van der Waals surface area contributed by atoms with Crippen LogP contribution in [0.5, 0.6) is 5.75 Å². The first-order valence-electron chi connectivity index (χ1n) is 8.42. The molecule has 2 amide bonds. The fraction of sp³-hybridized carbons (Fsp3) is 0.350. The van der Waals surface area contributed by atoms with Crippen LogP contribution in [0.25, 0.3) is 0 Å². The third kappa shape index (κ3) is 6.47. The van der Waals surface area contributed by atoms with Gasteiger partial charge in [0.15, 0.2) is 0 Å². The monoisotopic (exact) mass is 342 g/mol. The lowest BCUT2D eigenvalue weighted by molar-refractivity contribution is 0.0469. The summed E-state index contributed by atoms with van der Waals surface area (Å²) >= 11 is 0. The van der Waals surface area contributed by atoms with E-state index in [1.165, 1.54) is 0 Å². The molecular weight excluding hydrogens is 316 g/mol. The summed E-state index contributed by atoms with van der Waals surface area (Å²) in [6, 6.07) is 16.7. The average molecular weight is 342 g/mol. The molecule has 0 aliphatic carbocycles. The van der Waals surface area contributed by atoms with Crippen molar-refractivity contribution in [1.29, 1.82) is 0 Å². The van der Waals surface area contributed by atoms with E-state index in [0.717, 1.165) is 11.3 Å². The molecule has 2 aromatic carbocycles. The van der Waals surface area contributed by atoms with Crippen molar-refractivity contribution in [2.75, 3.05) is 18.5 Å². The molecule has 0 unspecified atom stereocenters. The highest BCUT2D eigenvalue weighted by Crippen LogP contribution is 2.17. The largest absolute Gasteiger partial charge is 0.494 e. The highest BCUT2D eigenvalue weighted by atomic mass is 16.5. The molecule has 0 heterocycles. The molecule has 0 saturated carbocycles. The Balaban J connectivity index is 2.08. The summed E-state index contributed by atoms with van der Waals surface area (Å²) in [4.78, 5) is 14.3. The summed E-state index contributed by atoms with van der Waals surface area (Å²) in [6.07, 6.45) is 0. The molecule has 0 atom stereocenters. The van der Waals surface area contributed by atoms with Gasteiger partial charge in [-0.25, -0.2) is 4.79 Å². The first kappa shape index (κ1) is 18.8. The molecule has 5 nitrogen and oxygen atoms in total. The molecule has 0 bridgehead atoms. The molecule has 0 fully saturated rings. The van der Waals surface area contributed by atoms with Crippen LogP contribution >= 0.6 is 0 Å². The summed E-state index contributed by atoms with van der Waals surface area (Å²) in [6.45, 7) is 6.55. The van der Waals surface area contributed by atoms with Crippen molar-refractivity contribution in [2.45, 2.75) is 32.9 Å². The number of urea groups is 1. The lowest BCUT2D eigenvalue weighted by Gasteiger charge is -2.29. The van der Waals surface area contributed by atoms with Gasteiger partial charge in [-0.2, -0.15) is 0 Å². The molecule has 134 valence electrons. The van der Waals surface area contributed by atoms with E-state index in [2.05, 4.69) is 5.32 Å². The number of ether oxygens (including phenoxy) is 1. The van der Waals surface area contributed by atoms with Crippen LogP contribution in [0.1, 0.15) is 26.3 Å². The van der Waals surface area contributed by atoms with Gasteiger partial charge < -0.3 is 20.1 Å². The zero-order chi connectivity index (χ0) is 18.3. The summed E-state index contributed by atoms with van der Waals surface area (Å²) in [5, 5.41) is 13.0. The van der Waals surface area contributed by atoms with E-state index in [-0.39, 0.29) is 12.6 Å². The Labute approximate surface area is 149 Å². The molecule has 0 aliphatic heterocycles. The standard InChI is InChI=1S/C20H26N2O3/c1-4-25-18-12-10-17(11-13-18)21-19(23)22(15-20(2,3)24)14-16-8-6-5-7-9-16/h5-13,24H,4,14-15H2,1-3H3,(H,21,23). The first-order chi connectivity index (χ1) is 11.9. The number of rotatable bonds is 7. The van der Waals surface area contributed by atoms with E-state index in [1.54, 1.807) is 30.9 Å². The van der Waals surface area contributed by atoms with Crippen molar-refractivity contribution in [3.63, 3.8) is 0 Å². The van der Waals surface area contributed by atoms with E-state index in [9.17, 15) is 9.90 Å². The Morgan fingerprint density at radius 2 is 1.76 bits per heavy atom. The number of nitrogens with one attached hydrogen (secondary N) is 1. The van der Waals surface area contributed by atoms with Gasteiger partial charge in [0.25, 0.3) is 0 Å². The fourth-order valence-electron chi connectivity index (χ4n) is 2.47. The maximum absolute atomic E-state index is 12.7. The van der Waals surface area contributed by atoms with Gasteiger partial charge in [-0.1, -0.05) is 30.3 Å². The number of amides is 2. The minimum absolute atomic E-state index is 0.227. The van der Waals surface area contributed by atoms with Gasteiger partial charge >= 0.3 is 6.03 Å². The number of carbonyl (C=O) groups is 1. The number of benzene rings is 2. The Morgan fingerprint density at radius 3 is 2.32 bits per heavy atom. The molecule has 0 spiro atoms. The van der Waals surface area contributed by atoms with Crippen molar-refractivity contribution in [1.82, 2.24) is 4.90 Å². The maximum Gasteiger partial charge on any atom is 0.322 e. The van der Waals surface area contributed by atoms with Gasteiger partial charge in [0, 0.05) is 12.2 Å². The number of hydrogen-bond acceptors (Lipinski definition) is 3. The van der Waals surface area contributed by atoms with Crippen LogP contribution in [0.2, 0.25) is 0 Å². The van der Waals surface area contributed by atoms with Crippen LogP contribution in [-0.2, 0) is 6.54 Å². The normalized spacial score (nSPS) is 11.0. The van der Waals surface area contributed by atoms with Gasteiger partial charge in [0.05, 0.1) is 18.8 Å². The average Bonchev–Trinajstić information content (AvgIpc) is 2.56. The SMILES string of the molecule is CCOc1ccc(NC(=O)N(Cc2ccccc2)CC(C)(C)O)cc1. The molecule has 25 heavy (non-hydrogen) atoms. The number of nitrogens with zero attached hydrogens (tertiary/aromatic N) is 1.